The number of aromatic amines is 1. The van der Waals surface area contributed by atoms with Crippen molar-refractivity contribution in [3.63, 3.8) is 0 Å². The Kier molecular flexibility index (Phi) is 4.44. The Balaban J connectivity index is 1.54. The average molecular weight is 390 g/mol. The molecule has 5 rings (SSSR count). The van der Waals surface area contributed by atoms with Gasteiger partial charge in [-0.1, -0.05) is 60.7 Å². The van der Waals surface area contributed by atoms with Gasteiger partial charge >= 0.3 is 0 Å². The molecular weight excluding hydrogens is 366 g/mol. The molecule has 0 aliphatic carbocycles. The fourth-order valence-electron chi connectivity index (χ4n) is 3.83. The van der Waals surface area contributed by atoms with Gasteiger partial charge in [0.25, 0.3) is 0 Å². The Hall–Kier alpha value is -3.72. The molecule has 1 N–H and O–H groups in total. The van der Waals surface area contributed by atoms with E-state index in [2.05, 4.69) is 91.6 Å². The summed E-state index contributed by atoms with van der Waals surface area (Å²) in [6.45, 7) is 4.36. The van der Waals surface area contributed by atoms with Crippen molar-refractivity contribution in [2.75, 3.05) is 0 Å². The minimum Gasteiger partial charge on any atom is -0.353 e. The highest BCUT2D eigenvalue weighted by molar-refractivity contribution is 5.85. The minimum absolute atomic E-state index is 0.327. The van der Waals surface area contributed by atoms with Crippen molar-refractivity contribution in [2.24, 2.45) is 0 Å². The first-order valence-corrected chi connectivity index (χ1v) is 10.2. The molecule has 3 heteroatoms. The van der Waals surface area contributed by atoms with Gasteiger partial charge in [0.15, 0.2) is 0 Å². The van der Waals surface area contributed by atoms with Crippen LogP contribution in [0, 0.1) is 0 Å². The molecule has 146 valence electrons. The standard InChI is InChI=1S/C27H23N3/c1-27(2,25-16-8-14-21(29-25)19-10-4-3-5-11-19)26-17-9-15-23(30-26)24-18-20-12-6-7-13-22(20)28-24/h3-18,28H,1-2H3. The van der Waals surface area contributed by atoms with E-state index in [-0.39, 0.29) is 5.41 Å². The molecule has 0 spiro atoms. The van der Waals surface area contributed by atoms with Crippen molar-refractivity contribution in [2.45, 2.75) is 19.3 Å². The van der Waals surface area contributed by atoms with Gasteiger partial charge in [0.1, 0.15) is 0 Å². The van der Waals surface area contributed by atoms with Gasteiger partial charge in [0, 0.05) is 21.9 Å². The summed E-state index contributed by atoms with van der Waals surface area (Å²) < 4.78 is 0. The van der Waals surface area contributed by atoms with Gasteiger partial charge in [-0.2, -0.15) is 0 Å². The molecule has 0 radical (unpaired) electrons. The highest BCUT2D eigenvalue weighted by atomic mass is 14.8. The van der Waals surface area contributed by atoms with Crippen LogP contribution < -0.4 is 0 Å². The van der Waals surface area contributed by atoms with Gasteiger partial charge in [-0.05, 0) is 50.2 Å². The maximum absolute atomic E-state index is 5.02. The number of para-hydroxylation sites is 1. The first kappa shape index (κ1) is 18.3. The summed E-state index contributed by atoms with van der Waals surface area (Å²) in [7, 11) is 0. The van der Waals surface area contributed by atoms with Crippen molar-refractivity contribution >= 4 is 10.9 Å². The van der Waals surface area contributed by atoms with Crippen molar-refractivity contribution in [3.8, 4) is 22.6 Å². The maximum atomic E-state index is 5.02. The first-order valence-electron chi connectivity index (χ1n) is 10.2. The number of nitrogens with zero attached hydrogens (tertiary/aromatic N) is 2. The molecule has 30 heavy (non-hydrogen) atoms. The lowest BCUT2D eigenvalue weighted by Gasteiger charge is -2.24. The number of benzene rings is 2. The van der Waals surface area contributed by atoms with Crippen molar-refractivity contribution in [3.05, 3.63) is 108 Å². The van der Waals surface area contributed by atoms with E-state index in [1.54, 1.807) is 0 Å². The second kappa shape index (κ2) is 7.27. The van der Waals surface area contributed by atoms with Gasteiger partial charge in [0.2, 0.25) is 0 Å². The van der Waals surface area contributed by atoms with Crippen LogP contribution in [0.2, 0.25) is 0 Å². The maximum Gasteiger partial charge on any atom is 0.0868 e. The molecular formula is C27H23N3. The number of fused-ring (bicyclic) bond motifs is 1. The fraction of sp³-hybridized carbons (Fsp3) is 0.111. The van der Waals surface area contributed by atoms with E-state index >= 15 is 0 Å². The van der Waals surface area contributed by atoms with Gasteiger partial charge in [-0.25, -0.2) is 0 Å². The van der Waals surface area contributed by atoms with Gasteiger partial charge in [-0.15, -0.1) is 0 Å². The molecule has 0 unspecified atom stereocenters. The number of rotatable bonds is 4. The summed E-state index contributed by atoms with van der Waals surface area (Å²) in [5.41, 5.74) is 6.86. The molecule has 0 saturated heterocycles. The average Bonchev–Trinajstić information content (AvgIpc) is 3.24. The van der Waals surface area contributed by atoms with Gasteiger partial charge in [0.05, 0.1) is 28.5 Å². The predicted molar refractivity (Wildman–Crippen MR) is 123 cm³/mol. The summed E-state index contributed by atoms with van der Waals surface area (Å²) >= 11 is 0. The number of nitrogens with one attached hydrogen (secondary N) is 1. The van der Waals surface area contributed by atoms with Crippen LogP contribution in [0.25, 0.3) is 33.5 Å². The molecule has 0 aliphatic heterocycles. The highest BCUT2D eigenvalue weighted by Gasteiger charge is 2.27. The van der Waals surface area contributed by atoms with Crippen LogP contribution in [0.15, 0.2) is 97.1 Å². The Morgan fingerprint density at radius 1 is 0.633 bits per heavy atom. The zero-order valence-corrected chi connectivity index (χ0v) is 17.1. The van der Waals surface area contributed by atoms with Crippen molar-refractivity contribution < 1.29 is 0 Å². The molecule has 0 amide bonds. The van der Waals surface area contributed by atoms with Crippen LogP contribution in [-0.2, 0) is 5.41 Å². The van der Waals surface area contributed by atoms with E-state index in [0.717, 1.165) is 39.5 Å². The van der Waals surface area contributed by atoms with E-state index in [1.807, 2.05) is 24.3 Å². The van der Waals surface area contributed by atoms with Crippen LogP contribution in [-0.4, -0.2) is 15.0 Å². The monoisotopic (exact) mass is 389 g/mol. The lowest BCUT2D eigenvalue weighted by Crippen LogP contribution is -2.22. The third-order valence-corrected chi connectivity index (χ3v) is 5.65. The van der Waals surface area contributed by atoms with Gasteiger partial charge < -0.3 is 4.98 Å². The first-order chi connectivity index (χ1) is 14.6. The molecule has 5 aromatic rings. The smallest absolute Gasteiger partial charge is 0.0868 e. The molecule has 0 fully saturated rings. The number of aromatic nitrogens is 3. The van der Waals surface area contributed by atoms with Crippen molar-refractivity contribution in [1.82, 2.24) is 15.0 Å². The number of hydrogen-bond acceptors (Lipinski definition) is 2. The van der Waals surface area contributed by atoms with Crippen LogP contribution in [0.1, 0.15) is 25.2 Å². The fourth-order valence-corrected chi connectivity index (χ4v) is 3.83. The Labute approximate surface area is 176 Å². The molecule has 0 atom stereocenters. The number of hydrogen-bond donors (Lipinski definition) is 1. The third kappa shape index (κ3) is 3.29. The lowest BCUT2D eigenvalue weighted by molar-refractivity contribution is 0.596. The summed E-state index contributed by atoms with van der Waals surface area (Å²) in [6, 6.07) is 33.2. The Morgan fingerprint density at radius 2 is 1.27 bits per heavy atom. The topological polar surface area (TPSA) is 41.6 Å². The van der Waals surface area contributed by atoms with E-state index in [4.69, 9.17) is 9.97 Å². The summed E-state index contributed by atoms with van der Waals surface area (Å²) in [6.07, 6.45) is 0. The summed E-state index contributed by atoms with van der Waals surface area (Å²) in [5, 5.41) is 1.19. The quantitative estimate of drug-likeness (QED) is 0.375. The van der Waals surface area contributed by atoms with Crippen LogP contribution in [0.3, 0.4) is 0 Å². The molecule has 2 aromatic carbocycles. The lowest BCUT2D eigenvalue weighted by atomic mass is 9.84. The largest absolute Gasteiger partial charge is 0.353 e. The van der Waals surface area contributed by atoms with Crippen LogP contribution >= 0.6 is 0 Å². The van der Waals surface area contributed by atoms with E-state index in [0.29, 0.717) is 0 Å². The minimum atomic E-state index is -0.327. The highest BCUT2D eigenvalue weighted by Crippen LogP contribution is 2.32. The molecule has 3 heterocycles. The number of H-pyrrole nitrogens is 1. The Bertz CT molecular complexity index is 1280. The predicted octanol–water partition coefficient (Wildman–Crippen LogP) is 6.62. The molecule has 3 aromatic heterocycles. The zero-order valence-electron chi connectivity index (χ0n) is 17.1. The normalized spacial score (nSPS) is 11.7. The zero-order chi connectivity index (χ0) is 20.6. The summed E-state index contributed by atoms with van der Waals surface area (Å²) in [4.78, 5) is 13.5. The molecule has 0 aliphatic rings. The molecule has 3 nitrogen and oxygen atoms in total. The van der Waals surface area contributed by atoms with Gasteiger partial charge in [-0.3, -0.25) is 9.97 Å². The molecule has 0 saturated carbocycles. The second-order valence-corrected chi connectivity index (χ2v) is 8.08. The third-order valence-electron chi connectivity index (χ3n) is 5.65. The van der Waals surface area contributed by atoms with Crippen LogP contribution in [0.4, 0.5) is 0 Å². The summed E-state index contributed by atoms with van der Waals surface area (Å²) in [5.74, 6) is 0. The van der Waals surface area contributed by atoms with E-state index in [1.165, 1.54) is 5.39 Å². The number of pyridine rings is 2. The molecule has 0 bridgehead atoms. The second-order valence-electron chi connectivity index (χ2n) is 8.08. The Morgan fingerprint density at radius 3 is 2.00 bits per heavy atom. The van der Waals surface area contributed by atoms with E-state index in [9.17, 15) is 0 Å². The SMILES string of the molecule is CC(C)(c1cccc(-c2ccccc2)n1)c1cccc(-c2cc3ccccc3[nH]2)n1. The van der Waals surface area contributed by atoms with Crippen LogP contribution in [0.5, 0.6) is 0 Å². The van der Waals surface area contributed by atoms with E-state index < -0.39 is 0 Å². The van der Waals surface area contributed by atoms with Crippen molar-refractivity contribution in [1.29, 1.82) is 0 Å².